The smallest absolute Gasteiger partial charge is 0.342 e. The third-order valence-electron chi connectivity index (χ3n) is 4.24. The Morgan fingerprint density at radius 3 is 2.62 bits per heavy atom. The Kier molecular flexibility index (Phi) is 4.66. The van der Waals surface area contributed by atoms with Crippen molar-refractivity contribution in [1.82, 2.24) is 9.55 Å². The number of nitrogens with zero attached hydrogens (tertiary/aromatic N) is 4. The summed E-state index contributed by atoms with van der Waals surface area (Å²) in [6, 6.07) is 8.73. The highest BCUT2D eigenvalue weighted by Gasteiger charge is 2.27. The molecule has 3 rings (SSSR count). The van der Waals surface area contributed by atoms with Gasteiger partial charge in [0.2, 0.25) is 5.91 Å². The van der Waals surface area contributed by atoms with Crippen LogP contribution in [0.2, 0.25) is 0 Å². The minimum atomic E-state index is -1.32. The van der Waals surface area contributed by atoms with Crippen molar-refractivity contribution in [3.05, 3.63) is 58.3 Å². The van der Waals surface area contributed by atoms with Gasteiger partial charge in [0.05, 0.1) is 5.69 Å². The van der Waals surface area contributed by atoms with E-state index in [1.807, 2.05) is 13.0 Å². The van der Waals surface area contributed by atoms with Crippen molar-refractivity contribution in [2.75, 3.05) is 5.01 Å². The van der Waals surface area contributed by atoms with E-state index in [4.69, 9.17) is 5.11 Å². The first-order valence-electron chi connectivity index (χ1n) is 8.18. The molecule has 1 amide bonds. The quantitative estimate of drug-likeness (QED) is 0.850. The summed E-state index contributed by atoms with van der Waals surface area (Å²) in [5.74, 6) is -1.30. The Balaban J connectivity index is 2.14. The fraction of sp³-hybridized carbons (Fsp3) is 0.278. The summed E-state index contributed by atoms with van der Waals surface area (Å²) in [4.78, 5) is 39.9. The van der Waals surface area contributed by atoms with Crippen LogP contribution in [-0.2, 0) is 4.79 Å². The van der Waals surface area contributed by atoms with Gasteiger partial charge in [-0.15, -0.1) is 0 Å². The number of carbonyl (C=O) groups excluding carboxylic acids is 1. The zero-order valence-electron chi connectivity index (χ0n) is 14.4. The number of carboxylic acid groups (broad SMARTS) is 1. The minimum absolute atomic E-state index is 0.203. The first-order chi connectivity index (χ1) is 12.4. The van der Waals surface area contributed by atoms with Gasteiger partial charge in [-0.3, -0.25) is 14.2 Å². The summed E-state index contributed by atoms with van der Waals surface area (Å²) in [5.41, 5.74) is 0.0724. The second kappa shape index (κ2) is 6.91. The number of carboxylic acids is 1. The Morgan fingerprint density at radius 1 is 1.31 bits per heavy atom. The number of rotatable bonds is 3. The highest BCUT2D eigenvalue weighted by molar-refractivity contribution is 6.02. The molecular formula is C18H18N4O4. The maximum atomic E-state index is 12.5. The van der Waals surface area contributed by atoms with Gasteiger partial charge < -0.3 is 5.11 Å². The first-order valence-corrected chi connectivity index (χ1v) is 8.18. The molecule has 8 nitrogen and oxygen atoms in total. The van der Waals surface area contributed by atoms with E-state index in [0.29, 0.717) is 30.1 Å². The second-order valence-corrected chi connectivity index (χ2v) is 6.08. The second-order valence-electron chi connectivity index (χ2n) is 6.08. The van der Waals surface area contributed by atoms with E-state index in [0.717, 1.165) is 6.20 Å². The van der Waals surface area contributed by atoms with Gasteiger partial charge in [-0.2, -0.15) is 5.10 Å². The fourth-order valence-electron chi connectivity index (χ4n) is 2.92. The molecule has 1 aliphatic heterocycles. The van der Waals surface area contributed by atoms with Gasteiger partial charge in [-0.25, -0.2) is 14.8 Å². The average molecular weight is 354 g/mol. The lowest BCUT2D eigenvalue weighted by atomic mass is 10.0. The van der Waals surface area contributed by atoms with Gasteiger partial charge in [0, 0.05) is 19.2 Å². The number of hydrogen-bond acceptors (Lipinski definition) is 5. The van der Waals surface area contributed by atoms with Crippen molar-refractivity contribution in [1.29, 1.82) is 0 Å². The lowest BCUT2D eigenvalue weighted by Crippen LogP contribution is -2.38. The van der Waals surface area contributed by atoms with Crippen LogP contribution in [0.3, 0.4) is 0 Å². The van der Waals surface area contributed by atoms with Crippen LogP contribution in [0.15, 0.2) is 46.4 Å². The molecule has 1 unspecified atom stereocenters. The summed E-state index contributed by atoms with van der Waals surface area (Å²) >= 11 is 0. The number of hydrogen-bond donors (Lipinski definition) is 1. The van der Waals surface area contributed by atoms with Crippen LogP contribution >= 0.6 is 0 Å². The molecule has 0 radical (unpaired) electrons. The maximum Gasteiger partial charge on any atom is 0.342 e. The SMILES string of the molecule is CC(=O)N(N=C1CCC(C)n2c1ncc(C(=O)O)c2=O)c1ccccc1. The number of aromatic carboxylic acids is 1. The van der Waals surface area contributed by atoms with Gasteiger partial charge in [0.1, 0.15) is 11.3 Å². The topological polar surface area (TPSA) is 105 Å². The number of fused-ring (bicyclic) bond motifs is 1. The van der Waals surface area contributed by atoms with Crippen molar-refractivity contribution in [2.45, 2.75) is 32.7 Å². The fourth-order valence-corrected chi connectivity index (χ4v) is 2.92. The average Bonchev–Trinajstić information content (AvgIpc) is 2.61. The zero-order valence-corrected chi connectivity index (χ0v) is 14.4. The van der Waals surface area contributed by atoms with Crippen LogP contribution in [0.4, 0.5) is 5.69 Å². The minimum Gasteiger partial charge on any atom is -0.477 e. The van der Waals surface area contributed by atoms with E-state index < -0.39 is 11.5 Å². The summed E-state index contributed by atoms with van der Waals surface area (Å²) in [6.45, 7) is 3.23. The zero-order chi connectivity index (χ0) is 18.8. The molecule has 8 heteroatoms. The van der Waals surface area contributed by atoms with Crippen molar-refractivity contribution in [2.24, 2.45) is 5.10 Å². The Labute approximate surface area is 149 Å². The molecule has 1 atom stereocenters. The van der Waals surface area contributed by atoms with Gasteiger partial charge in [-0.05, 0) is 31.9 Å². The van der Waals surface area contributed by atoms with Crippen molar-refractivity contribution < 1.29 is 14.7 Å². The third-order valence-corrected chi connectivity index (χ3v) is 4.24. The van der Waals surface area contributed by atoms with Gasteiger partial charge in [0.25, 0.3) is 5.56 Å². The van der Waals surface area contributed by atoms with Gasteiger partial charge in [-0.1, -0.05) is 18.2 Å². The molecular weight excluding hydrogens is 336 g/mol. The van der Waals surface area contributed by atoms with E-state index in [-0.39, 0.29) is 17.5 Å². The molecule has 2 aromatic rings. The molecule has 1 aliphatic rings. The Bertz CT molecular complexity index is 949. The highest BCUT2D eigenvalue weighted by Crippen LogP contribution is 2.23. The van der Waals surface area contributed by atoms with Crippen molar-refractivity contribution in [3.63, 3.8) is 0 Å². The predicted molar refractivity (Wildman–Crippen MR) is 95.5 cm³/mol. The molecule has 0 fully saturated rings. The summed E-state index contributed by atoms with van der Waals surface area (Å²) in [6.07, 6.45) is 2.17. The first kappa shape index (κ1) is 17.5. The van der Waals surface area contributed by atoms with E-state index in [9.17, 15) is 14.4 Å². The number of para-hydroxylation sites is 1. The number of anilines is 1. The standard InChI is InChI=1S/C18H18N4O4/c1-11-8-9-15(16-19-10-14(18(25)26)17(24)21(11)16)20-22(12(2)23)13-6-4-3-5-7-13/h3-7,10-11H,8-9H2,1-2H3,(H,25,26). The van der Waals surface area contributed by atoms with E-state index in [2.05, 4.69) is 10.1 Å². The molecule has 1 aromatic carbocycles. The molecule has 26 heavy (non-hydrogen) atoms. The number of amides is 1. The lowest BCUT2D eigenvalue weighted by Gasteiger charge is -2.26. The Hall–Kier alpha value is -3.29. The highest BCUT2D eigenvalue weighted by atomic mass is 16.4. The van der Waals surface area contributed by atoms with Crippen LogP contribution in [0.1, 0.15) is 48.9 Å². The van der Waals surface area contributed by atoms with Crippen LogP contribution < -0.4 is 10.6 Å². The van der Waals surface area contributed by atoms with E-state index in [1.54, 1.807) is 24.3 Å². The summed E-state index contributed by atoms with van der Waals surface area (Å²) in [7, 11) is 0. The lowest BCUT2D eigenvalue weighted by molar-refractivity contribution is -0.116. The molecule has 1 aromatic heterocycles. The van der Waals surface area contributed by atoms with Gasteiger partial charge in [0.15, 0.2) is 5.82 Å². The van der Waals surface area contributed by atoms with Crippen LogP contribution in [0.25, 0.3) is 0 Å². The van der Waals surface area contributed by atoms with E-state index >= 15 is 0 Å². The van der Waals surface area contributed by atoms with Crippen LogP contribution in [-0.4, -0.2) is 32.2 Å². The molecule has 0 saturated carbocycles. The molecule has 0 saturated heterocycles. The molecule has 0 bridgehead atoms. The molecule has 0 aliphatic carbocycles. The number of benzene rings is 1. The molecule has 1 N–H and O–H groups in total. The monoisotopic (exact) mass is 354 g/mol. The third kappa shape index (κ3) is 3.13. The largest absolute Gasteiger partial charge is 0.477 e. The normalized spacial score (nSPS) is 17.6. The van der Waals surface area contributed by atoms with Crippen LogP contribution in [0.5, 0.6) is 0 Å². The maximum absolute atomic E-state index is 12.5. The van der Waals surface area contributed by atoms with Crippen molar-refractivity contribution in [3.8, 4) is 0 Å². The molecule has 2 heterocycles. The summed E-state index contributed by atoms with van der Waals surface area (Å²) in [5, 5.41) is 14.8. The molecule has 0 spiro atoms. The van der Waals surface area contributed by atoms with E-state index in [1.165, 1.54) is 16.5 Å². The Morgan fingerprint density at radius 2 is 2.00 bits per heavy atom. The number of aromatic nitrogens is 2. The predicted octanol–water partition coefficient (Wildman–Crippen LogP) is 2.05. The molecule has 134 valence electrons. The number of hydrazone groups is 1. The number of carbonyl (C=O) groups is 2. The van der Waals surface area contributed by atoms with Crippen molar-refractivity contribution >= 4 is 23.3 Å². The van der Waals surface area contributed by atoms with Gasteiger partial charge >= 0.3 is 5.97 Å². The van der Waals surface area contributed by atoms with Crippen LogP contribution in [0, 0.1) is 0 Å². The summed E-state index contributed by atoms with van der Waals surface area (Å²) < 4.78 is 1.34.